The lowest BCUT2D eigenvalue weighted by atomic mass is 10.3. The van der Waals surface area contributed by atoms with Gasteiger partial charge in [-0.2, -0.15) is 5.26 Å². The molecule has 0 aliphatic heterocycles. The van der Waals surface area contributed by atoms with Crippen molar-refractivity contribution in [2.24, 2.45) is 0 Å². The lowest BCUT2D eigenvalue weighted by molar-refractivity contribution is 0.509. The summed E-state index contributed by atoms with van der Waals surface area (Å²) in [7, 11) is -0.788. The van der Waals surface area contributed by atoms with E-state index in [1.54, 1.807) is 13.0 Å². The molecule has 0 fully saturated rings. The van der Waals surface area contributed by atoms with E-state index in [1.165, 1.54) is 24.9 Å². The van der Waals surface area contributed by atoms with Crippen molar-refractivity contribution in [2.45, 2.75) is 20.0 Å². The van der Waals surface area contributed by atoms with Gasteiger partial charge in [0.05, 0.1) is 5.75 Å². The summed E-state index contributed by atoms with van der Waals surface area (Å²) in [6, 6.07) is 1.70. The van der Waals surface area contributed by atoms with E-state index in [0.717, 1.165) is 8.87 Å². The minimum Gasteiger partial charge on any atom is -0.299 e. The van der Waals surface area contributed by atoms with Crippen LogP contribution in [-0.4, -0.2) is 41.7 Å². The monoisotopic (exact) mass is 300 g/mol. The number of rotatable bonds is 5. The van der Waals surface area contributed by atoms with Crippen molar-refractivity contribution < 1.29 is 8.42 Å². The van der Waals surface area contributed by atoms with Crippen LogP contribution in [0.2, 0.25) is 0 Å². The minimum atomic E-state index is -3.53. The largest absolute Gasteiger partial charge is 0.331 e. The predicted molar refractivity (Wildman–Crippen MR) is 72.8 cm³/mol. The van der Waals surface area contributed by atoms with E-state index in [0.29, 0.717) is 0 Å². The lowest BCUT2D eigenvalue weighted by Crippen LogP contribution is -2.42. The Morgan fingerprint density at radius 1 is 1.35 bits per heavy atom. The van der Waals surface area contributed by atoms with Crippen molar-refractivity contribution in [3.8, 4) is 6.07 Å². The van der Waals surface area contributed by atoms with Crippen molar-refractivity contribution in [1.29, 1.82) is 5.26 Å². The van der Waals surface area contributed by atoms with E-state index in [2.05, 4.69) is 0 Å². The molecule has 0 saturated heterocycles. The van der Waals surface area contributed by atoms with Crippen molar-refractivity contribution in [3.05, 3.63) is 32.6 Å². The quantitative estimate of drug-likeness (QED) is 0.678. The van der Waals surface area contributed by atoms with E-state index in [1.807, 2.05) is 0 Å². The Morgan fingerprint density at radius 3 is 2.40 bits per heavy atom. The van der Waals surface area contributed by atoms with Gasteiger partial charge in [0, 0.05) is 33.4 Å². The second kappa shape index (κ2) is 6.02. The highest BCUT2D eigenvalue weighted by molar-refractivity contribution is 7.89. The van der Waals surface area contributed by atoms with Gasteiger partial charge in [0.1, 0.15) is 11.6 Å². The number of hydrogen-bond donors (Lipinski definition) is 0. The molecule has 0 N–H and O–H groups in total. The molecule has 0 bridgehead atoms. The zero-order valence-corrected chi connectivity index (χ0v) is 12.3. The van der Waals surface area contributed by atoms with E-state index in [4.69, 9.17) is 5.26 Å². The van der Waals surface area contributed by atoms with Gasteiger partial charge >= 0.3 is 5.69 Å². The highest BCUT2D eigenvalue weighted by atomic mass is 32.2. The fraction of sp³-hybridized carbons (Fsp3) is 0.545. The fourth-order valence-electron chi connectivity index (χ4n) is 1.54. The van der Waals surface area contributed by atoms with E-state index in [-0.39, 0.29) is 24.4 Å². The first-order valence-corrected chi connectivity index (χ1v) is 7.50. The van der Waals surface area contributed by atoms with E-state index in [9.17, 15) is 18.0 Å². The van der Waals surface area contributed by atoms with Gasteiger partial charge in [0.15, 0.2) is 0 Å². The molecule has 0 aliphatic rings. The molecule has 0 radical (unpaired) electrons. The van der Waals surface area contributed by atoms with Gasteiger partial charge in [-0.15, -0.1) is 0 Å². The van der Waals surface area contributed by atoms with Gasteiger partial charge < -0.3 is 0 Å². The first kappa shape index (κ1) is 16.1. The Morgan fingerprint density at radius 2 is 1.95 bits per heavy atom. The zero-order chi connectivity index (χ0) is 15.5. The fourth-order valence-corrected chi connectivity index (χ4v) is 2.32. The van der Waals surface area contributed by atoms with Crippen LogP contribution in [0.15, 0.2) is 15.8 Å². The maximum absolute atomic E-state index is 12.0. The molecule has 0 saturated carbocycles. The highest BCUT2D eigenvalue weighted by Gasteiger charge is 2.17. The van der Waals surface area contributed by atoms with E-state index >= 15 is 0 Å². The number of hydrogen-bond acceptors (Lipinski definition) is 5. The van der Waals surface area contributed by atoms with Crippen molar-refractivity contribution >= 4 is 10.0 Å². The summed E-state index contributed by atoms with van der Waals surface area (Å²) in [5.74, 6) is -0.381. The number of sulfonamides is 1. The first-order valence-electron chi connectivity index (χ1n) is 5.89. The third-order valence-electron chi connectivity index (χ3n) is 2.83. The Kier molecular flexibility index (Phi) is 4.86. The normalized spacial score (nSPS) is 11.6. The van der Waals surface area contributed by atoms with Crippen LogP contribution in [0.25, 0.3) is 0 Å². The summed E-state index contributed by atoms with van der Waals surface area (Å²) in [4.78, 5) is 23.9. The summed E-state index contributed by atoms with van der Waals surface area (Å²) in [5, 5.41) is 8.86. The Balaban J connectivity index is 3.30. The second-order valence-corrected chi connectivity index (χ2v) is 6.58. The molecule has 1 aromatic heterocycles. The van der Waals surface area contributed by atoms with Crippen LogP contribution in [0, 0.1) is 11.3 Å². The Bertz CT molecular complexity index is 752. The molecule has 1 heterocycles. The van der Waals surface area contributed by atoms with Crippen molar-refractivity contribution in [3.63, 3.8) is 0 Å². The second-order valence-electron chi connectivity index (χ2n) is 4.28. The van der Waals surface area contributed by atoms with Crippen LogP contribution >= 0.6 is 0 Å². The van der Waals surface area contributed by atoms with Crippen LogP contribution in [0.4, 0.5) is 0 Å². The molecule has 0 spiro atoms. The average Bonchev–Trinajstić information content (AvgIpc) is 2.38. The maximum atomic E-state index is 12.0. The summed E-state index contributed by atoms with van der Waals surface area (Å²) >= 11 is 0. The molecule has 0 unspecified atom stereocenters. The maximum Gasteiger partial charge on any atom is 0.331 e. The van der Waals surface area contributed by atoms with Crippen molar-refractivity contribution in [1.82, 2.24) is 13.4 Å². The van der Waals surface area contributed by atoms with Crippen LogP contribution in [-0.2, 0) is 23.1 Å². The van der Waals surface area contributed by atoms with E-state index < -0.39 is 21.3 Å². The van der Waals surface area contributed by atoms with Gasteiger partial charge in [0.2, 0.25) is 10.0 Å². The summed E-state index contributed by atoms with van der Waals surface area (Å²) in [6.45, 7) is 1.69. The summed E-state index contributed by atoms with van der Waals surface area (Å²) < 4.78 is 26.3. The molecule has 0 aromatic carbocycles. The Labute approximate surface area is 116 Å². The molecule has 110 valence electrons. The molecule has 0 atom stereocenters. The SMILES string of the molecule is CCn1cc(C#N)c(=O)n(CCS(=O)(=O)N(C)C)c1=O. The molecular weight excluding hydrogens is 284 g/mol. The molecule has 20 heavy (non-hydrogen) atoms. The number of aryl methyl sites for hydroxylation is 1. The molecule has 1 aromatic rings. The zero-order valence-electron chi connectivity index (χ0n) is 11.5. The van der Waals surface area contributed by atoms with Gasteiger partial charge in [-0.25, -0.2) is 17.5 Å². The smallest absolute Gasteiger partial charge is 0.299 e. The average molecular weight is 300 g/mol. The molecule has 9 heteroatoms. The summed E-state index contributed by atoms with van der Waals surface area (Å²) in [5.41, 5.74) is -1.57. The number of nitriles is 1. The number of aromatic nitrogens is 2. The van der Waals surface area contributed by atoms with Gasteiger partial charge in [-0.1, -0.05) is 0 Å². The lowest BCUT2D eigenvalue weighted by Gasteiger charge is -2.13. The van der Waals surface area contributed by atoms with Gasteiger partial charge in [0.25, 0.3) is 5.56 Å². The van der Waals surface area contributed by atoms with Gasteiger partial charge in [-0.3, -0.25) is 13.9 Å². The Hall–Kier alpha value is -1.92. The van der Waals surface area contributed by atoms with Crippen LogP contribution in [0.1, 0.15) is 12.5 Å². The molecule has 1 rings (SSSR count). The third-order valence-corrected chi connectivity index (χ3v) is 4.64. The molecule has 8 nitrogen and oxygen atoms in total. The third kappa shape index (κ3) is 3.15. The van der Waals surface area contributed by atoms with Crippen LogP contribution < -0.4 is 11.2 Å². The van der Waals surface area contributed by atoms with Crippen LogP contribution in [0.3, 0.4) is 0 Å². The molecule has 0 aliphatic carbocycles. The molecule has 0 amide bonds. The topological polar surface area (TPSA) is 105 Å². The van der Waals surface area contributed by atoms with Crippen molar-refractivity contribution in [2.75, 3.05) is 19.8 Å². The molecular formula is C11H16N4O4S. The van der Waals surface area contributed by atoms with Gasteiger partial charge in [-0.05, 0) is 6.92 Å². The predicted octanol–water partition coefficient (Wildman–Crippen LogP) is -1.21. The highest BCUT2D eigenvalue weighted by Crippen LogP contribution is 1.95. The summed E-state index contributed by atoms with van der Waals surface area (Å²) in [6.07, 6.45) is 1.18. The number of nitrogens with zero attached hydrogens (tertiary/aromatic N) is 4. The first-order chi connectivity index (χ1) is 9.24. The van der Waals surface area contributed by atoms with Crippen LogP contribution in [0.5, 0.6) is 0 Å². The minimum absolute atomic E-state index is 0.186. The standard InChI is InChI=1S/C11H16N4O4S/c1-4-14-8-9(7-12)10(16)15(11(14)17)5-6-20(18,19)13(2)3/h8H,4-6H2,1-3H3.